The number of hydrogen-bond donors (Lipinski definition) is 1. The molecule has 1 aromatic heterocycles. The van der Waals surface area contributed by atoms with Crippen LogP contribution in [0.15, 0.2) is 12.1 Å². The zero-order valence-corrected chi connectivity index (χ0v) is 12.1. The SMILES string of the molecule is Cc1ccc(C(=O)N(C)CC(=O)N2CCNCC2)s1. The molecule has 0 saturated carbocycles. The largest absolute Gasteiger partial charge is 0.339 e. The second kappa shape index (κ2) is 6.16. The molecule has 1 aliphatic rings. The van der Waals surface area contributed by atoms with Crippen molar-refractivity contribution < 1.29 is 9.59 Å². The Hall–Kier alpha value is -1.40. The molecule has 0 radical (unpaired) electrons. The van der Waals surface area contributed by atoms with E-state index in [-0.39, 0.29) is 18.4 Å². The van der Waals surface area contributed by atoms with Gasteiger partial charge in [-0.3, -0.25) is 9.59 Å². The number of carbonyl (C=O) groups is 2. The number of hydrogen-bond acceptors (Lipinski definition) is 4. The van der Waals surface area contributed by atoms with Crippen LogP contribution in [0.25, 0.3) is 0 Å². The first kappa shape index (κ1) is 14.0. The molecule has 0 atom stereocenters. The molecule has 2 amide bonds. The van der Waals surface area contributed by atoms with Crippen molar-refractivity contribution in [2.75, 3.05) is 39.8 Å². The summed E-state index contributed by atoms with van der Waals surface area (Å²) in [6, 6.07) is 3.73. The van der Waals surface area contributed by atoms with E-state index in [2.05, 4.69) is 5.32 Å². The van der Waals surface area contributed by atoms with Gasteiger partial charge in [-0.2, -0.15) is 0 Å². The fraction of sp³-hybridized carbons (Fsp3) is 0.538. The molecule has 0 unspecified atom stereocenters. The first-order valence-electron chi connectivity index (χ1n) is 6.38. The smallest absolute Gasteiger partial charge is 0.264 e. The molecule has 0 bridgehead atoms. The molecule has 5 nitrogen and oxygen atoms in total. The van der Waals surface area contributed by atoms with Crippen molar-refractivity contribution in [2.45, 2.75) is 6.92 Å². The lowest BCUT2D eigenvalue weighted by Crippen LogP contribution is -2.49. The Morgan fingerprint density at radius 1 is 1.37 bits per heavy atom. The minimum atomic E-state index is -0.0819. The van der Waals surface area contributed by atoms with Crippen LogP contribution in [0.4, 0.5) is 0 Å². The van der Waals surface area contributed by atoms with Crippen LogP contribution >= 0.6 is 11.3 Å². The summed E-state index contributed by atoms with van der Waals surface area (Å²) >= 11 is 1.46. The van der Waals surface area contributed by atoms with Crippen molar-refractivity contribution in [3.05, 3.63) is 21.9 Å². The number of amides is 2. The summed E-state index contributed by atoms with van der Waals surface area (Å²) in [6.45, 7) is 5.21. The number of piperazine rings is 1. The third kappa shape index (κ3) is 3.54. The minimum Gasteiger partial charge on any atom is -0.339 e. The molecular formula is C13H19N3O2S. The number of thiophene rings is 1. The Labute approximate surface area is 117 Å². The fourth-order valence-corrected chi connectivity index (χ4v) is 2.89. The normalized spacial score (nSPS) is 15.4. The Bertz CT molecular complexity index is 466. The van der Waals surface area contributed by atoms with Gasteiger partial charge in [-0.05, 0) is 19.1 Å². The summed E-state index contributed by atoms with van der Waals surface area (Å²) in [4.78, 5) is 29.3. The van der Waals surface area contributed by atoms with Crippen molar-refractivity contribution in [1.29, 1.82) is 0 Å². The zero-order valence-electron chi connectivity index (χ0n) is 11.3. The van der Waals surface area contributed by atoms with E-state index in [0.29, 0.717) is 4.88 Å². The van der Waals surface area contributed by atoms with Gasteiger partial charge < -0.3 is 15.1 Å². The number of nitrogens with zero attached hydrogens (tertiary/aromatic N) is 2. The van der Waals surface area contributed by atoms with E-state index in [0.717, 1.165) is 31.1 Å². The summed E-state index contributed by atoms with van der Waals surface area (Å²) in [5.74, 6) is -0.0628. The van der Waals surface area contributed by atoms with Gasteiger partial charge >= 0.3 is 0 Å². The Morgan fingerprint density at radius 2 is 2.05 bits per heavy atom. The van der Waals surface area contributed by atoms with Gasteiger partial charge in [0, 0.05) is 38.1 Å². The van der Waals surface area contributed by atoms with E-state index in [1.165, 1.54) is 16.2 Å². The molecule has 1 saturated heterocycles. The summed E-state index contributed by atoms with van der Waals surface area (Å²) < 4.78 is 0. The van der Waals surface area contributed by atoms with Crippen LogP contribution in [0.1, 0.15) is 14.5 Å². The number of carbonyl (C=O) groups excluding carboxylic acids is 2. The Kier molecular flexibility index (Phi) is 4.55. The van der Waals surface area contributed by atoms with Crippen LogP contribution in [0.2, 0.25) is 0 Å². The standard InChI is InChI=1S/C13H19N3O2S/c1-10-3-4-11(19-10)13(18)15(2)9-12(17)16-7-5-14-6-8-16/h3-4,14H,5-9H2,1-2H3. The van der Waals surface area contributed by atoms with Gasteiger partial charge in [-0.1, -0.05) is 0 Å². The molecule has 0 spiro atoms. The summed E-state index contributed by atoms with van der Waals surface area (Å²) in [5.41, 5.74) is 0. The van der Waals surface area contributed by atoms with Gasteiger partial charge in [-0.15, -0.1) is 11.3 Å². The van der Waals surface area contributed by atoms with Gasteiger partial charge in [0.2, 0.25) is 5.91 Å². The average molecular weight is 281 g/mol. The van der Waals surface area contributed by atoms with Crippen molar-refractivity contribution >= 4 is 23.2 Å². The van der Waals surface area contributed by atoms with Crippen molar-refractivity contribution in [1.82, 2.24) is 15.1 Å². The number of likely N-dealkylation sites (N-methyl/N-ethyl adjacent to an activating group) is 1. The minimum absolute atomic E-state index is 0.0191. The predicted octanol–water partition coefficient (Wildman–Crippen LogP) is 0.560. The van der Waals surface area contributed by atoms with E-state index < -0.39 is 0 Å². The number of aryl methyl sites for hydroxylation is 1. The second-order valence-electron chi connectivity index (χ2n) is 4.70. The molecule has 104 valence electrons. The monoisotopic (exact) mass is 281 g/mol. The van der Waals surface area contributed by atoms with Crippen LogP contribution in [-0.2, 0) is 4.79 Å². The fourth-order valence-electron chi connectivity index (χ4n) is 2.03. The number of rotatable bonds is 3. The summed E-state index contributed by atoms with van der Waals surface area (Å²) in [7, 11) is 1.68. The van der Waals surface area contributed by atoms with E-state index >= 15 is 0 Å². The van der Waals surface area contributed by atoms with Gasteiger partial charge in [0.1, 0.15) is 0 Å². The second-order valence-corrected chi connectivity index (χ2v) is 5.99. The first-order chi connectivity index (χ1) is 9.08. The Balaban J connectivity index is 1.91. The first-order valence-corrected chi connectivity index (χ1v) is 7.20. The van der Waals surface area contributed by atoms with Crippen molar-refractivity contribution in [3.63, 3.8) is 0 Å². The molecule has 0 aliphatic carbocycles. The maximum absolute atomic E-state index is 12.1. The number of nitrogens with one attached hydrogen (secondary N) is 1. The van der Waals surface area contributed by atoms with E-state index in [9.17, 15) is 9.59 Å². The molecule has 1 fully saturated rings. The highest BCUT2D eigenvalue weighted by Gasteiger charge is 2.21. The van der Waals surface area contributed by atoms with Gasteiger partial charge in [0.05, 0.1) is 11.4 Å². The summed E-state index contributed by atoms with van der Waals surface area (Å²) in [6.07, 6.45) is 0. The highest BCUT2D eigenvalue weighted by molar-refractivity contribution is 7.13. The topological polar surface area (TPSA) is 52.7 Å². The third-order valence-electron chi connectivity index (χ3n) is 3.14. The van der Waals surface area contributed by atoms with Crippen molar-refractivity contribution in [3.8, 4) is 0 Å². The molecule has 6 heteroatoms. The maximum Gasteiger partial charge on any atom is 0.264 e. The molecule has 1 aliphatic heterocycles. The highest BCUT2D eigenvalue weighted by atomic mass is 32.1. The third-order valence-corrected chi connectivity index (χ3v) is 4.13. The van der Waals surface area contributed by atoms with Crippen LogP contribution < -0.4 is 5.32 Å². The molecule has 1 aromatic rings. The van der Waals surface area contributed by atoms with E-state index in [4.69, 9.17) is 0 Å². The molecule has 1 N–H and O–H groups in total. The van der Waals surface area contributed by atoms with E-state index in [1.807, 2.05) is 19.1 Å². The maximum atomic E-state index is 12.1. The summed E-state index contributed by atoms with van der Waals surface area (Å²) in [5, 5.41) is 3.20. The zero-order chi connectivity index (χ0) is 13.8. The molecule has 19 heavy (non-hydrogen) atoms. The van der Waals surface area contributed by atoms with Crippen LogP contribution in [0.3, 0.4) is 0 Å². The van der Waals surface area contributed by atoms with Crippen LogP contribution in [0.5, 0.6) is 0 Å². The van der Waals surface area contributed by atoms with Gasteiger partial charge in [0.25, 0.3) is 5.91 Å². The van der Waals surface area contributed by atoms with Crippen LogP contribution in [0, 0.1) is 6.92 Å². The molecular weight excluding hydrogens is 262 g/mol. The average Bonchev–Trinajstić information content (AvgIpc) is 2.85. The van der Waals surface area contributed by atoms with E-state index in [1.54, 1.807) is 11.9 Å². The van der Waals surface area contributed by atoms with Gasteiger partial charge in [0.15, 0.2) is 0 Å². The Morgan fingerprint density at radius 3 is 2.63 bits per heavy atom. The lowest BCUT2D eigenvalue weighted by molar-refractivity contribution is -0.132. The quantitative estimate of drug-likeness (QED) is 0.881. The van der Waals surface area contributed by atoms with Crippen molar-refractivity contribution in [2.24, 2.45) is 0 Å². The lowest BCUT2D eigenvalue weighted by Gasteiger charge is -2.29. The molecule has 2 rings (SSSR count). The lowest BCUT2D eigenvalue weighted by atomic mass is 10.3. The predicted molar refractivity (Wildman–Crippen MR) is 75.5 cm³/mol. The highest BCUT2D eigenvalue weighted by Crippen LogP contribution is 2.16. The molecule has 2 heterocycles. The molecule has 0 aromatic carbocycles. The van der Waals surface area contributed by atoms with Crippen LogP contribution in [-0.4, -0.2) is 61.4 Å². The van der Waals surface area contributed by atoms with Gasteiger partial charge in [-0.25, -0.2) is 0 Å².